The summed E-state index contributed by atoms with van der Waals surface area (Å²) in [6.07, 6.45) is 3.20. The van der Waals surface area contributed by atoms with Gasteiger partial charge in [-0.2, -0.15) is 0 Å². The van der Waals surface area contributed by atoms with Crippen LogP contribution in [0.4, 0.5) is 0 Å². The van der Waals surface area contributed by atoms with E-state index < -0.39 is 5.60 Å². The molecular formula is C21H31N3O3. The minimum atomic E-state index is -1.29. The number of hydrogen-bond donors (Lipinski definition) is 1. The highest BCUT2D eigenvalue weighted by Gasteiger charge is 2.43. The molecule has 0 aromatic heterocycles. The van der Waals surface area contributed by atoms with Crippen molar-refractivity contribution in [2.75, 3.05) is 45.8 Å². The van der Waals surface area contributed by atoms with Crippen LogP contribution in [-0.4, -0.2) is 83.0 Å². The molecule has 1 aromatic rings. The Labute approximate surface area is 161 Å². The Morgan fingerprint density at radius 1 is 1.11 bits per heavy atom. The molecule has 1 N–H and O–H groups in total. The third-order valence-electron chi connectivity index (χ3n) is 5.74. The van der Waals surface area contributed by atoms with Gasteiger partial charge in [-0.1, -0.05) is 30.3 Å². The maximum atomic E-state index is 12.9. The van der Waals surface area contributed by atoms with Crippen molar-refractivity contribution in [2.24, 2.45) is 0 Å². The first kappa shape index (κ1) is 19.8. The van der Waals surface area contributed by atoms with Gasteiger partial charge in [0.15, 0.2) is 5.60 Å². The fraction of sp³-hybridized carbons (Fsp3) is 0.619. The molecule has 2 saturated heterocycles. The zero-order chi connectivity index (χ0) is 19.3. The van der Waals surface area contributed by atoms with E-state index in [0.29, 0.717) is 45.7 Å². The lowest BCUT2D eigenvalue weighted by Crippen LogP contribution is -2.61. The molecule has 6 heteroatoms. The standard InChI is InChI=1S/C21H31N3O3/c1-18(25)23-15-13-22(14-16-23)17-21(27)10-6-12-24(20(21)26)11-5-9-19-7-3-2-4-8-19/h2-4,7-8,27H,5-6,9-17H2,1H3/t21-/m1/s1. The van der Waals surface area contributed by atoms with Gasteiger partial charge in [0.2, 0.25) is 5.91 Å². The number of aliphatic hydroxyl groups is 1. The lowest BCUT2D eigenvalue weighted by molar-refractivity contribution is -0.160. The SMILES string of the molecule is CC(=O)N1CCN(C[C@]2(O)CCCN(CCCc3ccccc3)C2=O)CC1. The molecule has 148 valence electrons. The Bertz CT molecular complexity index is 643. The number of carbonyl (C=O) groups is 2. The molecule has 0 unspecified atom stereocenters. The number of rotatable bonds is 6. The van der Waals surface area contributed by atoms with Gasteiger partial charge < -0.3 is 14.9 Å². The molecule has 2 aliphatic heterocycles. The molecule has 1 atom stereocenters. The van der Waals surface area contributed by atoms with Crippen molar-refractivity contribution in [3.05, 3.63) is 35.9 Å². The van der Waals surface area contributed by atoms with E-state index in [0.717, 1.165) is 25.8 Å². The molecule has 0 saturated carbocycles. The highest BCUT2D eigenvalue weighted by Crippen LogP contribution is 2.25. The van der Waals surface area contributed by atoms with Crippen molar-refractivity contribution in [3.63, 3.8) is 0 Å². The third kappa shape index (κ3) is 5.08. The number of benzene rings is 1. The van der Waals surface area contributed by atoms with Gasteiger partial charge >= 0.3 is 0 Å². The highest BCUT2D eigenvalue weighted by atomic mass is 16.3. The monoisotopic (exact) mass is 373 g/mol. The predicted octanol–water partition coefficient (Wildman–Crippen LogP) is 1.14. The van der Waals surface area contributed by atoms with Crippen LogP contribution in [0, 0.1) is 0 Å². The van der Waals surface area contributed by atoms with Gasteiger partial charge in [-0.15, -0.1) is 0 Å². The van der Waals surface area contributed by atoms with Gasteiger partial charge in [-0.05, 0) is 31.2 Å². The first-order valence-corrected chi connectivity index (χ1v) is 10.0. The summed E-state index contributed by atoms with van der Waals surface area (Å²) >= 11 is 0. The number of carbonyl (C=O) groups excluding carboxylic acids is 2. The number of amides is 2. The van der Waals surface area contributed by atoms with E-state index in [1.807, 2.05) is 28.0 Å². The van der Waals surface area contributed by atoms with Crippen LogP contribution >= 0.6 is 0 Å². The fourth-order valence-corrected chi connectivity index (χ4v) is 4.13. The summed E-state index contributed by atoms with van der Waals surface area (Å²) in [4.78, 5) is 30.1. The van der Waals surface area contributed by atoms with Gasteiger partial charge in [0.05, 0.1) is 0 Å². The average Bonchev–Trinajstić information content (AvgIpc) is 2.66. The number of β-amino-alcohol motifs (C(OH)–C–C–N with tert-alkyl or cyclic N) is 1. The van der Waals surface area contributed by atoms with E-state index in [9.17, 15) is 14.7 Å². The number of piperidine rings is 1. The molecule has 2 fully saturated rings. The van der Waals surface area contributed by atoms with Gasteiger partial charge in [-0.25, -0.2) is 0 Å². The molecule has 1 aromatic carbocycles. The second-order valence-electron chi connectivity index (χ2n) is 7.80. The average molecular weight is 373 g/mol. The van der Waals surface area contributed by atoms with Crippen molar-refractivity contribution in [1.82, 2.24) is 14.7 Å². The van der Waals surface area contributed by atoms with Crippen molar-refractivity contribution in [3.8, 4) is 0 Å². The molecule has 6 nitrogen and oxygen atoms in total. The molecule has 0 spiro atoms. The molecule has 3 rings (SSSR count). The Balaban J connectivity index is 1.50. The first-order valence-electron chi connectivity index (χ1n) is 10.0. The lowest BCUT2D eigenvalue weighted by atomic mass is 9.90. The van der Waals surface area contributed by atoms with E-state index in [4.69, 9.17) is 0 Å². The minimum Gasteiger partial charge on any atom is -0.379 e. The predicted molar refractivity (Wildman–Crippen MR) is 104 cm³/mol. The van der Waals surface area contributed by atoms with Gasteiger partial charge in [0.1, 0.15) is 0 Å². The molecule has 0 aliphatic carbocycles. The van der Waals surface area contributed by atoms with Crippen molar-refractivity contribution in [1.29, 1.82) is 0 Å². The van der Waals surface area contributed by atoms with Crippen LogP contribution in [0.15, 0.2) is 30.3 Å². The summed E-state index contributed by atoms with van der Waals surface area (Å²) < 4.78 is 0. The second kappa shape index (κ2) is 8.85. The van der Waals surface area contributed by atoms with Crippen LogP contribution in [0.25, 0.3) is 0 Å². The van der Waals surface area contributed by atoms with Crippen molar-refractivity contribution in [2.45, 2.75) is 38.2 Å². The summed E-state index contributed by atoms with van der Waals surface area (Å²) in [5.74, 6) is -0.0393. The molecule has 27 heavy (non-hydrogen) atoms. The van der Waals surface area contributed by atoms with Crippen LogP contribution in [0.3, 0.4) is 0 Å². The molecule has 2 aliphatic rings. The smallest absolute Gasteiger partial charge is 0.255 e. The number of aryl methyl sites for hydroxylation is 1. The normalized spacial score (nSPS) is 24.3. The number of likely N-dealkylation sites (tertiary alicyclic amines) is 1. The van der Waals surface area contributed by atoms with E-state index in [1.54, 1.807) is 6.92 Å². The van der Waals surface area contributed by atoms with E-state index >= 15 is 0 Å². The second-order valence-corrected chi connectivity index (χ2v) is 7.80. The van der Waals surface area contributed by atoms with E-state index in [1.165, 1.54) is 5.56 Å². The van der Waals surface area contributed by atoms with Gasteiger partial charge in [0.25, 0.3) is 5.91 Å². The van der Waals surface area contributed by atoms with Gasteiger partial charge in [0, 0.05) is 52.7 Å². The molecule has 0 radical (unpaired) electrons. The highest BCUT2D eigenvalue weighted by molar-refractivity contribution is 5.86. The van der Waals surface area contributed by atoms with Crippen molar-refractivity contribution < 1.29 is 14.7 Å². The Morgan fingerprint density at radius 3 is 2.48 bits per heavy atom. The van der Waals surface area contributed by atoms with Crippen LogP contribution in [0.2, 0.25) is 0 Å². The largest absolute Gasteiger partial charge is 0.379 e. The van der Waals surface area contributed by atoms with Crippen LogP contribution in [0.5, 0.6) is 0 Å². The summed E-state index contributed by atoms with van der Waals surface area (Å²) in [5.41, 5.74) is -0.0100. The Hall–Kier alpha value is -1.92. The number of nitrogens with zero attached hydrogens (tertiary/aromatic N) is 3. The molecule has 0 bridgehead atoms. The molecule has 2 amide bonds. The van der Waals surface area contributed by atoms with E-state index in [2.05, 4.69) is 17.0 Å². The quantitative estimate of drug-likeness (QED) is 0.812. The van der Waals surface area contributed by atoms with Crippen molar-refractivity contribution >= 4 is 11.8 Å². The number of piperazine rings is 1. The summed E-state index contributed by atoms with van der Waals surface area (Å²) in [6.45, 7) is 6.13. The summed E-state index contributed by atoms with van der Waals surface area (Å²) in [7, 11) is 0. The fourth-order valence-electron chi connectivity index (χ4n) is 4.13. The zero-order valence-electron chi connectivity index (χ0n) is 16.3. The maximum Gasteiger partial charge on any atom is 0.255 e. The zero-order valence-corrected chi connectivity index (χ0v) is 16.3. The third-order valence-corrected chi connectivity index (χ3v) is 5.74. The van der Waals surface area contributed by atoms with E-state index in [-0.39, 0.29) is 11.8 Å². The van der Waals surface area contributed by atoms with Crippen LogP contribution in [0.1, 0.15) is 31.7 Å². The first-order chi connectivity index (χ1) is 13.0. The Kier molecular flexibility index (Phi) is 6.50. The topological polar surface area (TPSA) is 64.1 Å². The lowest BCUT2D eigenvalue weighted by Gasteiger charge is -2.43. The summed E-state index contributed by atoms with van der Waals surface area (Å²) in [5, 5.41) is 11.0. The number of hydrogen-bond acceptors (Lipinski definition) is 4. The summed E-state index contributed by atoms with van der Waals surface area (Å²) in [6, 6.07) is 10.3. The minimum absolute atomic E-state index is 0.0895. The van der Waals surface area contributed by atoms with Crippen LogP contribution in [-0.2, 0) is 16.0 Å². The van der Waals surface area contributed by atoms with Gasteiger partial charge in [-0.3, -0.25) is 14.5 Å². The van der Waals surface area contributed by atoms with Crippen LogP contribution < -0.4 is 0 Å². The molecule has 2 heterocycles. The Morgan fingerprint density at radius 2 is 1.81 bits per heavy atom. The maximum absolute atomic E-state index is 12.9. The molecular weight excluding hydrogens is 342 g/mol.